The van der Waals surface area contributed by atoms with Crippen LogP contribution >= 0.6 is 0 Å². The van der Waals surface area contributed by atoms with Crippen molar-refractivity contribution in [3.05, 3.63) is 178 Å². The zero-order chi connectivity index (χ0) is 71.2. The Labute approximate surface area is 542 Å². The van der Waals surface area contributed by atoms with Crippen LogP contribution in [0.15, 0.2) is 134 Å². The second kappa shape index (κ2) is 37.4. The SMILES string of the molecule is CC(=O)Nc1ccc(C(=O)O)c(O)c1.CCOc1cc(N)ccc1C(=O)NO.CCOc1cc(N)ccc1C(=O)O.CCOc1ccc(N)cc1C(=O)O.CN(C)c1ccc(C(=O)O)c(O)c1.O=C(O)c1c(O)ccc2c1CCCN2.O=C(O)c1c(O)ccc2ncccc12. The number of anilines is 6. The summed E-state index contributed by atoms with van der Waals surface area (Å²) in [6.45, 7) is 8.84. The van der Waals surface area contributed by atoms with Crippen LogP contribution in [0.1, 0.15) is 112 Å². The Morgan fingerprint density at radius 3 is 1.52 bits per heavy atom. The molecule has 0 spiro atoms. The lowest BCUT2D eigenvalue weighted by molar-refractivity contribution is -0.114. The Morgan fingerprint density at radius 2 is 1.01 bits per heavy atom. The number of aromatic hydroxyl groups is 4. The molecule has 7 aromatic carbocycles. The highest BCUT2D eigenvalue weighted by molar-refractivity contribution is 6.05. The highest BCUT2D eigenvalue weighted by Crippen LogP contribution is 2.32. The van der Waals surface area contributed by atoms with E-state index in [1.54, 1.807) is 80.4 Å². The molecule has 1 aliphatic rings. The minimum Gasteiger partial charge on any atom is -0.507 e. The molecule has 1 aliphatic heterocycles. The number of amides is 2. The molecule has 0 atom stereocenters. The van der Waals surface area contributed by atoms with Crippen molar-refractivity contribution in [1.82, 2.24) is 10.5 Å². The maximum Gasteiger partial charge on any atom is 0.340 e. The molecule has 2 amide bonds. The first-order valence-corrected chi connectivity index (χ1v) is 28.1. The van der Waals surface area contributed by atoms with Crippen LogP contribution in [-0.2, 0) is 11.2 Å². The molecule has 0 saturated heterocycles. The van der Waals surface area contributed by atoms with Gasteiger partial charge in [-0.15, -0.1) is 0 Å². The molecule has 2 heterocycles. The largest absolute Gasteiger partial charge is 0.507 e. The number of nitrogen functional groups attached to an aromatic ring is 3. The van der Waals surface area contributed by atoms with E-state index in [0.717, 1.165) is 24.3 Å². The first kappa shape index (κ1) is 76.5. The molecule has 0 fully saturated rings. The molecule has 8 aromatic rings. The Balaban J connectivity index is 0.000000289. The van der Waals surface area contributed by atoms with Crippen LogP contribution < -0.4 is 52.4 Å². The van der Waals surface area contributed by atoms with Crippen molar-refractivity contribution < 1.29 is 109 Å². The van der Waals surface area contributed by atoms with Gasteiger partial charge in [0.05, 0.1) is 30.9 Å². The maximum absolute atomic E-state index is 11.1. The predicted octanol–water partition coefficient (Wildman–Crippen LogP) is 8.81. The van der Waals surface area contributed by atoms with Crippen LogP contribution in [-0.4, -0.2) is 149 Å². The van der Waals surface area contributed by atoms with E-state index in [4.69, 9.17) is 67.3 Å². The molecular formula is C65H72N8O22. The number of nitrogens with zero attached hydrogens (tertiary/aromatic N) is 2. The van der Waals surface area contributed by atoms with Crippen LogP contribution in [0.3, 0.4) is 0 Å². The van der Waals surface area contributed by atoms with Crippen molar-refractivity contribution in [2.24, 2.45) is 0 Å². The Bertz CT molecular complexity index is 4030. The highest BCUT2D eigenvalue weighted by Gasteiger charge is 2.21. The number of hydrogen-bond donors (Lipinski definition) is 17. The fraction of sp³-hybridized carbons (Fsp3) is 0.185. The second-order valence-corrected chi connectivity index (χ2v) is 19.4. The number of aromatic carboxylic acids is 6. The molecule has 0 aliphatic carbocycles. The van der Waals surface area contributed by atoms with Gasteiger partial charge in [-0.3, -0.25) is 19.8 Å². The number of fused-ring (bicyclic) bond motifs is 2. The normalized spacial score (nSPS) is 10.4. The minimum absolute atomic E-state index is 0.0368. The van der Waals surface area contributed by atoms with E-state index >= 15 is 0 Å². The number of carboxylic acids is 6. The van der Waals surface area contributed by atoms with Crippen molar-refractivity contribution in [1.29, 1.82) is 0 Å². The number of carbonyl (C=O) groups is 8. The molecule has 30 nitrogen and oxygen atoms in total. The molecule has 1 aromatic heterocycles. The van der Waals surface area contributed by atoms with E-state index in [1.807, 2.05) is 14.1 Å². The van der Waals surface area contributed by atoms with E-state index < -0.39 is 41.7 Å². The second-order valence-electron chi connectivity index (χ2n) is 19.4. The first-order chi connectivity index (χ1) is 44.9. The summed E-state index contributed by atoms with van der Waals surface area (Å²) in [7, 11) is 3.63. The zero-order valence-electron chi connectivity index (χ0n) is 52.0. The van der Waals surface area contributed by atoms with Gasteiger partial charge in [0, 0.05) is 97.5 Å². The van der Waals surface area contributed by atoms with Crippen molar-refractivity contribution >= 4 is 92.7 Å². The predicted molar refractivity (Wildman–Crippen MR) is 350 cm³/mol. The molecule has 0 bridgehead atoms. The molecule has 0 unspecified atom stereocenters. The van der Waals surface area contributed by atoms with Crippen LogP contribution in [0.2, 0.25) is 0 Å². The van der Waals surface area contributed by atoms with E-state index in [9.17, 15) is 58.8 Å². The topological polar surface area (TPSA) is 517 Å². The number of nitrogens with one attached hydrogen (secondary N) is 3. The molecule has 30 heteroatoms. The van der Waals surface area contributed by atoms with Gasteiger partial charge >= 0.3 is 35.8 Å². The lowest BCUT2D eigenvalue weighted by atomic mass is 9.97. The number of aromatic nitrogens is 1. The highest BCUT2D eigenvalue weighted by atomic mass is 16.5. The number of ether oxygens (including phenoxy) is 3. The summed E-state index contributed by atoms with van der Waals surface area (Å²) in [5, 5.41) is 104. The average Bonchev–Trinajstić information content (AvgIpc) is 1.06. The summed E-state index contributed by atoms with van der Waals surface area (Å²) in [5.74, 6) is -7.44. The Kier molecular flexibility index (Phi) is 30.2. The fourth-order valence-electron chi connectivity index (χ4n) is 8.17. The number of nitrogens with two attached hydrogens (primary N) is 3. The van der Waals surface area contributed by atoms with Crippen molar-refractivity contribution in [2.45, 2.75) is 40.5 Å². The Hall–Kier alpha value is -12.7. The summed E-state index contributed by atoms with van der Waals surface area (Å²) in [6, 6.07) is 31.2. The van der Waals surface area contributed by atoms with Crippen molar-refractivity contribution in [3.8, 4) is 40.2 Å². The van der Waals surface area contributed by atoms with E-state index in [0.29, 0.717) is 82.7 Å². The summed E-state index contributed by atoms with van der Waals surface area (Å²) in [6.07, 6.45) is 3.18. The maximum atomic E-state index is 11.1. The standard InChI is InChI=1S/C10H11NO3.C10H7NO3.C9H12N2O3.C9H9NO4.3C9H11NO3/c2*12-8-4-3-7-6(2-1-5-11-7)9(8)10(13)14;1-2-14-8-5-6(10)3-4-7(8)9(12)11-13;1-5(11)10-6-2-3-7(9(13)14)8(12)4-6;1-10(2)6-3-4-7(9(12)13)8(11)5-6;1-2-13-8-4-3-6(10)5-7(8)9(11)12;1-2-13-8-5-6(10)3-4-7(8)9(11)12/h3-4,11-12H,1-2,5H2,(H,13,14);1-5,12H,(H,13,14);3-5,13H,2,10H2,1H3,(H,11,12);2-4,12H,1H3,(H,10,11)(H,13,14);3-5,11H,1-2H3,(H,12,13);2*3-5H,2,10H2,1H3,(H,11,12). The van der Waals surface area contributed by atoms with Crippen LogP contribution in [0.25, 0.3) is 10.9 Å². The summed E-state index contributed by atoms with van der Waals surface area (Å²) in [5.41, 5.74) is 22.8. The number of phenols is 4. The Morgan fingerprint density at radius 1 is 0.526 bits per heavy atom. The van der Waals surface area contributed by atoms with Gasteiger partial charge in [-0.25, -0.2) is 34.2 Å². The number of benzene rings is 7. The zero-order valence-corrected chi connectivity index (χ0v) is 52.0. The third kappa shape index (κ3) is 23.5. The number of carboxylic acid groups (broad SMARTS) is 6. The lowest BCUT2D eigenvalue weighted by Gasteiger charge is -2.20. The van der Waals surface area contributed by atoms with E-state index in [2.05, 4.69) is 15.6 Å². The van der Waals surface area contributed by atoms with Gasteiger partial charge in [0.1, 0.15) is 73.6 Å². The third-order valence-corrected chi connectivity index (χ3v) is 12.4. The van der Waals surface area contributed by atoms with Gasteiger partial charge in [-0.05, 0) is 136 Å². The summed E-state index contributed by atoms with van der Waals surface area (Å²) >= 11 is 0. The molecule has 9 rings (SSSR count). The number of hydroxylamine groups is 1. The number of rotatable bonds is 15. The quantitative estimate of drug-likeness (QED) is 0.0197. The smallest absolute Gasteiger partial charge is 0.340 e. The van der Waals surface area contributed by atoms with Crippen molar-refractivity contribution in [3.63, 3.8) is 0 Å². The first-order valence-electron chi connectivity index (χ1n) is 28.1. The third-order valence-electron chi connectivity index (χ3n) is 12.4. The van der Waals surface area contributed by atoms with Gasteiger partial charge in [-0.2, -0.15) is 0 Å². The molecule has 95 heavy (non-hydrogen) atoms. The molecule has 0 radical (unpaired) electrons. The molecular weight excluding hydrogens is 1240 g/mol. The fourth-order valence-corrected chi connectivity index (χ4v) is 8.17. The molecule has 0 saturated carbocycles. The van der Waals surface area contributed by atoms with Crippen molar-refractivity contribution in [2.75, 3.05) is 73.2 Å². The van der Waals surface area contributed by atoms with Gasteiger partial charge in [0.15, 0.2) is 0 Å². The lowest BCUT2D eigenvalue weighted by Crippen LogP contribution is -2.19. The summed E-state index contributed by atoms with van der Waals surface area (Å²) < 4.78 is 15.4. The number of carbonyl (C=O) groups excluding carboxylic acids is 2. The number of pyridine rings is 1. The van der Waals surface area contributed by atoms with Gasteiger partial charge in [-0.1, -0.05) is 6.07 Å². The van der Waals surface area contributed by atoms with E-state index in [-0.39, 0.29) is 67.8 Å². The van der Waals surface area contributed by atoms with Gasteiger partial charge in [0.25, 0.3) is 5.91 Å². The van der Waals surface area contributed by atoms with Crippen LogP contribution in [0.4, 0.5) is 34.1 Å². The average molecular weight is 1320 g/mol. The van der Waals surface area contributed by atoms with Crippen LogP contribution in [0.5, 0.6) is 40.2 Å². The van der Waals surface area contributed by atoms with Crippen LogP contribution in [0, 0.1) is 0 Å². The molecule has 504 valence electrons. The van der Waals surface area contributed by atoms with Gasteiger partial charge in [0.2, 0.25) is 5.91 Å². The monoisotopic (exact) mass is 1320 g/mol. The number of hydrogen-bond acceptors (Lipinski definition) is 22. The summed E-state index contributed by atoms with van der Waals surface area (Å²) in [4.78, 5) is 91.7. The van der Waals surface area contributed by atoms with E-state index in [1.165, 1.54) is 91.3 Å². The minimum atomic E-state index is -1.21. The molecule has 20 N–H and O–H groups in total. The van der Waals surface area contributed by atoms with Gasteiger partial charge < -0.3 is 98.0 Å².